The summed E-state index contributed by atoms with van der Waals surface area (Å²) in [4.78, 5) is 1.24. The number of halogens is 1. The summed E-state index contributed by atoms with van der Waals surface area (Å²) in [5, 5.41) is 2.09. The third kappa shape index (κ3) is 2.77. The van der Waals surface area contributed by atoms with Gasteiger partial charge >= 0.3 is 0 Å². The van der Waals surface area contributed by atoms with Crippen LogP contribution in [0, 0.1) is 0 Å². The molecule has 0 amide bonds. The highest BCUT2D eigenvalue weighted by Gasteiger charge is 2.21. The van der Waals surface area contributed by atoms with Crippen LogP contribution in [0.1, 0.15) is 47.2 Å². The lowest BCUT2D eigenvalue weighted by atomic mass is 9.79. The molecule has 1 atom stereocenters. The van der Waals surface area contributed by atoms with Crippen LogP contribution in [0.5, 0.6) is 0 Å². The van der Waals surface area contributed by atoms with E-state index in [1.54, 1.807) is 11.3 Å². The molecule has 1 aliphatic carbocycles. The van der Waals surface area contributed by atoms with Crippen LogP contribution in [0.2, 0.25) is 0 Å². The van der Waals surface area contributed by atoms with Crippen LogP contribution in [-0.4, -0.2) is 0 Å². The molecule has 3 rings (SSSR count). The number of nitrogens with one attached hydrogen (secondary N) is 1. The standard InChI is InChI=1S/C15H17BrN2S/c16-13-8-14(19-9-13)15(18-17)12-6-2-5-11(7-12)10-3-1-4-10/h2,5-10,15,18H,1,3-4,17H2. The van der Waals surface area contributed by atoms with Crippen molar-refractivity contribution in [3.8, 4) is 0 Å². The fourth-order valence-electron chi connectivity index (χ4n) is 2.56. The molecule has 3 N–H and O–H groups in total. The Labute approximate surface area is 126 Å². The Morgan fingerprint density at radius 1 is 1.32 bits per heavy atom. The maximum absolute atomic E-state index is 5.76. The van der Waals surface area contributed by atoms with Gasteiger partial charge in [0.05, 0.1) is 6.04 Å². The predicted molar refractivity (Wildman–Crippen MR) is 84.2 cm³/mol. The summed E-state index contributed by atoms with van der Waals surface area (Å²) in [6.07, 6.45) is 4.02. The highest BCUT2D eigenvalue weighted by atomic mass is 79.9. The van der Waals surface area contributed by atoms with Crippen molar-refractivity contribution < 1.29 is 0 Å². The monoisotopic (exact) mass is 336 g/mol. The van der Waals surface area contributed by atoms with Crippen LogP contribution >= 0.6 is 27.3 Å². The van der Waals surface area contributed by atoms with E-state index >= 15 is 0 Å². The summed E-state index contributed by atoms with van der Waals surface area (Å²) < 4.78 is 1.11. The van der Waals surface area contributed by atoms with E-state index in [0.29, 0.717) is 0 Å². The van der Waals surface area contributed by atoms with Gasteiger partial charge in [0.2, 0.25) is 0 Å². The number of benzene rings is 1. The van der Waals surface area contributed by atoms with E-state index in [4.69, 9.17) is 5.84 Å². The molecule has 1 unspecified atom stereocenters. The minimum absolute atomic E-state index is 0.0799. The fourth-order valence-corrected chi connectivity index (χ4v) is 4.09. The number of hydrogen-bond donors (Lipinski definition) is 2. The molecular formula is C15H17BrN2S. The van der Waals surface area contributed by atoms with Gasteiger partial charge in [-0.3, -0.25) is 5.84 Å². The zero-order chi connectivity index (χ0) is 13.2. The predicted octanol–water partition coefficient (Wildman–Crippen LogP) is 4.33. The Bertz CT molecular complexity index is 563. The van der Waals surface area contributed by atoms with Gasteiger partial charge in [0.25, 0.3) is 0 Å². The number of hydrazine groups is 1. The molecule has 1 aliphatic rings. The van der Waals surface area contributed by atoms with Gasteiger partial charge < -0.3 is 0 Å². The lowest BCUT2D eigenvalue weighted by Crippen LogP contribution is -2.28. The molecule has 100 valence electrons. The van der Waals surface area contributed by atoms with Crippen LogP contribution < -0.4 is 11.3 Å². The quantitative estimate of drug-likeness (QED) is 0.644. The maximum atomic E-state index is 5.76. The van der Waals surface area contributed by atoms with Crippen molar-refractivity contribution in [2.24, 2.45) is 5.84 Å². The molecular weight excluding hydrogens is 320 g/mol. The minimum Gasteiger partial charge on any atom is -0.271 e. The molecule has 1 aromatic heterocycles. The normalized spacial score (nSPS) is 17.2. The van der Waals surface area contributed by atoms with Crippen molar-refractivity contribution in [2.75, 3.05) is 0 Å². The topological polar surface area (TPSA) is 38.0 Å². The second-order valence-electron chi connectivity index (χ2n) is 5.06. The molecule has 4 heteroatoms. The molecule has 2 aromatic rings. The van der Waals surface area contributed by atoms with E-state index in [1.165, 1.54) is 35.3 Å². The van der Waals surface area contributed by atoms with Crippen molar-refractivity contribution in [3.05, 3.63) is 56.2 Å². The number of rotatable bonds is 4. The highest BCUT2D eigenvalue weighted by molar-refractivity contribution is 9.10. The zero-order valence-electron chi connectivity index (χ0n) is 10.6. The Balaban J connectivity index is 1.90. The first kappa shape index (κ1) is 13.3. The molecule has 1 heterocycles. The maximum Gasteiger partial charge on any atom is 0.0803 e. The zero-order valence-corrected chi connectivity index (χ0v) is 13.0. The van der Waals surface area contributed by atoms with Gasteiger partial charge in [0.15, 0.2) is 0 Å². The lowest BCUT2D eigenvalue weighted by Gasteiger charge is -2.27. The second kappa shape index (κ2) is 5.75. The number of nitrogens with two attached hydrogens (primary N) is 1. The first-order valence-electron chi connectivity index (χ1n) is 6.58. The van der Waals surface area contributed by atoms with Gasteiger partial charge in [-0.2, -0.15) is 0 Å². The summed E-state index contributed by atoms with van der Waals surface area (Å²) in [5.41, 5.74) is 5.65. The Morgan fingerprint density at radius 3 is 2.74 bits per heavy atom. The average molecular weight is 337 g/mol. The summed E-state index contributed by atoms with van der Waals surface area (Å²) in [7, 11) is 0. The Hall–Kier alpha value is -0.680. The largest absolute Gasteiger partial charge is 0.271 e. The summed E-state index contributed by atoms with van der Waals surface area (Å²) in [5.74, 6) is 6.52. The first-order valence-corrected chi connectivity index (χ1v) is 8.25. The van der Waals surface area contributed by atoms with E-state index < -0.39 is 0 Å². The molecule has 1 aromatic carbocycles. The molecule has 2 nitrogen and oxygen atoms in total. The van der Waals surface area contributed by atoms with Crippen LogP contribution in [-0.2, 0) is 0 Å². The summed E-state index contributed by atoms with van der Waals surface area (Å²) in [6.45, 7) is 0. The molecule has 0 spiro atoms. The van der Waals surface area contributed by atoms with E-state index in [1.807, 2.05) is 0 Å². The van der Waals surface area contributed by atoms with Crippen LogP contribution in [0.25, 0.3) is 0 Å². The average Bonchev–Trinajstić information content (AvgIpc) is 2.75. The Kier molecular flexibility index (Phi) is 4.03. The van der Waals surface area contributed by atoms with E-state index in [9.17, 15) is 0 Å². The van der Waals surface area contributed by atoms with Crippen molar-refractivity contribution in [1.82, 2.24) is 5.43 Å². The smallest absolute Gasteiger partial charge is 0.0803 e. The molecule has 19 heavy (non-hydrogen) atoms. The van der Waals surface area contributed by atoms with Crippen LogP contribution in [0.4, 0.5) is 0 Å². The minimum atomic E-state index is 0.0799. The number of hydrogen-bond acceptors (Lipinski definition) is 3. The van der Waals surface area contributed by atoms with Crippen molar-refractivity contribution >= 4 is 27.3 Å². The SMILES string of the molecule is NNC(c1cccc(C2CCC2)c1)c1cc(Br)cs1. The first-order chi connectivity index (χ1) is 9.28. The molecule has 0 bridgehead atoms. The van der Waals surface area contributed by atoms with Gasteiger partial charge in [-0.05, 0) is 51.9 Å². The van der Waals surface area contributed by atoms with Gasteiger partial charge in [-0.25, -0.2) is 5.43 Å². The van der Waals surface area contributed by atoms with Gasteiger partial charge in [0.1, 0.15) is 0 Å². The number of thiophene rings is 1. The fraction of sp³-hybridized carbons (Fsp3) is 0.333. The third-order valence-corrected chi connectivity index (χ3v) is 5.62. The van der Waals surface area contributed by atoms with E-state index in [2.05, 4.69) is 57.1 Å². The molecule has 0 aliphatic heterocycles. The molecule has 0 saturated heterocycles. The second-order valence-corrected chi connectivity index (χ2v) is 6.92. The van der Waals surface area contributed by atoms with Crippen molar-refractivity contribution in [1.29, 1.82) is 0 Å². The molecule has 0 radical (unpaired) electrons. The summed E-state index contributed by atoms with van der Waals surface area (Å²) >= 11 is 5.22. The van der Waals surface area contributed by atoms with Crippen LogP contribution in [0.3, 0.4) is 0 Å². The van der Waals surface area contributed by atoms with Crippen LogP contribution in [0.15, 0.2) is 40.2 Å². The van der Waals surface area contributed by atoms with Gasteiger partial charge in [-0.15, -0.1) is 11.3 Å². The van der Waals surface area contributed by atoms with Crippen molar-refractivity contribution in [2.45, 2.75) is 31.2 Å². The molecule has 1 saturated carbocycles. The van der Waals surface area contributed by atoms with Gasteiger partial charge in [-0.1, -0.05) is 30.7 Å². The summed E-state index contributed by atoms with van der Waals surface area (Å²) in [6, 6.07) is 11.1. The highest BCUT2D eigenvalue weighted by Crippen LogP contribution is 2.38. The molecule has 1 fully saturated rings. The van der Waals surface area contributed by atoms with E-state index in [0.717, 1.165) is 10.4 Å². The van der Waals surface area contributed by atoms with E-state index in [-0.39, 0.29) is 6.04 Å². The lowest BCUT2D eigenvalue weighted by molar-refractivity contribution is 0.419. The Morgan fingerprint density at radius 2 is 2.16 bits per heavy atom. The van der Waals surface area contributed by atoms with Crippen molar-refractivity contribution in [3.63, 3.8) is 0 Å². The third-order valence-electron chi connectivity index (χ3n) is 3.86. The van der Waals surface area contributed by atoms with Gasteiger partial charge in [0, 0.05) is 14.7 Å².